The van der Waals surface area contributed by atoms with Crippen molar-refractivity contribution in [2.75, 3.05) is 14.2 Å². The molecule has 0 aliphatic rings. The quantitative estimate of drug-likeness (QED) is 0.718. The normalized spacial score (nSPS) is 10.9. The van der Waals surface area contributed by atoms with E-state index < -0.39 is 0 Å². The number of H-pyrrole nitrogens is 2. The average molecular weight is 334 g/mol. The second-order valence-corrected chi connectivity index (χ2v) is 6.35. The number of thiophene rings is 1. The van der Waals surface area contributed by atoms with E-state index in [0.29, 0.717) is 21.7 Å². The molecule has 0 radical (unpaired) electrons. The fourth-order valence-corrected chi connectivity index (χ4v) is 3.83. The van der Waals surface area contributed by atoms with E-state index in [-0.39, 0.29) is 5.56 Å². The highest BCUT2D eigenvalue weighted by Gasteiger charge is 2.16. The fraction of sp³-hybridized carbons (Fsp3) is 0.200. The summed E-state index contributed by atoms with van der Waals surface area (Å²) in [5.41, 5.74) is 1.60. The molecule has 0 unspecified atom stereocenters. The number of aromatic amines is 2. The van der Waals surface area contributed by atoms with Crippen LogP contribution in [0, 0.1) is 11.7 Å². The molecule has 3 rings (SSSR count). The number of rotatable bonds is 3. The zero-order valence-electron chi connectivity index (χ0n) is 12.3. The summed E-state index contributed by atoms with van der Waals surface area (Å²) >= 11 is 6.54. The number of hydrogen-bond donors (Lipinski definition) is 2. The molecule has 0 aliphatic heterocycles. The second kappa shape index (κ2) is 5.58. The molecule has 0 atom stereocenters. The van der Waals surface area contributed by atoms with Crippen LogP contribution in [0.3, 0.4) is 0 Å². The Bertz CT molecular complexity index is 969. The smallest absolute Gasteiger partial charge is 0.261 e. The van der Waals surface area contributed by atoms with Gasteiger partial charge in [-0.15, -0.1) is 11.3 Å². The standard InChI is InChI=1S/C15H14N2O3S2/c1-7-11(8-4-5-9(19-2)10(6-8)20-3)12-13(18)16-15(21)17-14(12)22-7/h4-6H,1-3H3,(H2,16,17,18,21). The maximum atomic E-state index is 12.3. The van der Waals surface area contributed by atoms with Gasteiger partial charge in [-0.1, -0.05) is 6.07 Å². The van der Waals surface area contributed by atoms with Crippen LogP contribution < -0.4 is 15.0 Å². The SMILES string of the molecule is COc1ccc(-c2c(C)sc3[nH]c(=S)[nH]c(=O)c23)cc1OC. The van der Waals surface area contributed by atoms with Crippen LogP contribution >= 0.6 is 23.6 Å². The molecule has 2 aromatic heterocycles. The van der Waals surface area contributed by atoms with Crippen molar-refractivity contribution in [3.8, 4) is 22.6 Å². The van der Waals surface area contributed by atoms with Crippen molar-refractivity contribution in [2.45, 2.75) is 6.92 Å². The first-order valence-corrected chi connectivity index (χ1v) is 7.75. The molecule has 2 N–H and O–H groups in total. The van der Waals surface area contributed by atoms with Crippen molar-refractivity contribution >= 4 is 33.8 Å². The van der Waals surface area contributed by atoms with E-state index in [1.807, 2.05) is 25.1 Å². The number of fused-ring (bicyclic) bond motifs is 1. The third kappa shape index (κ3) is 2.32. The lowest BCUT2D eigenvalue weighted by molar-refractivity contribution is 0.355. The van der Waals surface area contributed by atoms with Gasteiger partial charge in [0.2, 0.25) is 0 Å². The summed E-state index contributed by atoms with van der Waals surface area (Å²) in [5.74, 6) is 1.27. The molecule has 0 fully saturated rings. The molecule has 0 spiro atoms. The van der Waals surface area contributed by atoms with Gasteiger partial charge in [-0.25, -0.2) is 0 Å². The number of aryl methyl sites for hydroxylation is 1. The fourth-order valence-electron chi connectivity index (χ4n) is 2.49. The lowest BCUT2D eigenvalue weighted by atomic mass is 10.0. The number of hydrogen-bond acceptors (Lipinski definition) is 5. The van der Waals surface area contributed by atoms with Gasteiger partial charge in [0.25, 0.3) is 5.56 Å². The second-order valence-electron chi connectivity index (χ2n) is 4.72. The summed E-state index contributed by atoms with van der Waals surface area (Å²) in [5, 5.41) is 0.614. The molecular weight excluding hydrogens is 320 g/mol. The number of benzene rings is 1. The summed E-state index contributed by atoms with van der Waals surface area (Å²) in [6.45, 7) is 1.98. The van der Waals surface area contributed by atoms with Gasteiger partial charge in [-0.05, 0) is 36.8 Å². The molecule has 5 nitrogen and oxygen atoms in total. The highest BCUT2D eigenvalue weighted by atomic mass is 32.1. The molecule has 0 amide bonds. The number of ether oxygens (including phenoxy) is 2. The summed E-state index contributed by atoms with van der Waals surface area (Å²) < 4.78 is 10.9. The van der Waals surface area contributed by atoms with Crippen LogP contribution in [0.2, 0.25) is 0 Å². The molecule has 0 aliphatic carbocycles. The third-order valence-electron chi connectivity index (χ3n) is 3.44. The van der Waals surface area contributed by atoms with E-state index in [1.165, 1.54) is 11.3 Å². The lowest BCUT2D eigenvalue weighted by Gasteiger charge is -2.09. The van der Waals surface area contributed by atoms with E-state index >= 15 is 0 Å². The van der Waals surface area contributed by atoms with Crippen molar-refractivity contribution in [1.29, 1.82) is 0 Å². The largest absolute Gasteiger partial charge is 0.493 e. The minimum atomic E-state index is -0.187. The summed E-state index contributed by atoms with van der Waals surface area (Å²) in [7, 11) is 3.18. The maximum absolute atomic E-state index is 12.3. The van der Waals surface area contributed by atoms with Crippen molar-refractivity contribution in [3.63, 3.8) is 0 Å². The Balaban J connectivity index is 2.33. The first-order chi connectivity index (χ1) is 10.5. The predicted molar refractivity (Wildman–Crippen MR) is 90.9 cm³/mol. The Morgan fingerprint density at radius 3 is 2.55 bits per heavy atom. The molecule has 7 heteroatoms. The van der Waals surface area contributed by atoms with Gasteiger partial charge < -0.3 is 14.5 Å². The molecule has 114 valence electrons. The van der Waals surface area contributed by atoms with E-state index in [4.69, 9.17) is 21.7 Å². The molecule has 0 saturated carbocycles. The highest BCUT2D eigenvalue weighted by molar-refractivity contribution is 7.71. The van der Waals surface area contributed by atoms with Gasteiger partial charge in [0.15, 0.2) is 16.3 Å². The van der Waals surface area contributed by atoms with E-state index in [1.54, 1.807) is 14.2 Å². The topological polar surface area (TPSA) is 67.1 Å². The summed E-state index contributed by atoms with van der Waals surface area (Å²) in [6.07, 6.45) is 0. The van der Waals surface area contributed by atoms with Crippen LogP contribution in [-0.2, 0) is 0 Å². The third-order valence-corrected chi connectivity index (χ3v) is 4.66. The molecule has 0 saturated heterocycles. The molecule has 22 heavy (non-hydrogen) atoms. The minimum absolute atomic E-state index is 0.187. The van der Waals surface area contributed by atoms with E-state index in [2.05, 4.69) is 9.97 Å². The van der Waals surface area contributed by atoms with Crippen LogP contribution in [0.15, 0.2) is 23.0 Å². The van der Waals surface area contributed by atoms with Crippen LogP contribution in [0.1, 0.15) is 4.88 Å². The van der Waals surface area contributed by atoms with Crippen LogP contribution in [0.25, 0.3) is 21.3 Å². The zero-order valence-corrected chi connectivity index (χ0v) is 13.9. The number of methoxy groups -OCH3 is 2. The molecule has 0 bridgehead atoms. The van der Waals surface area contributed by atoms with Gasteiger partial charge in [0.1, 0.15) is 4.83 Å². The van der Waals surface area contributed by atoms with Crippen LogP contribution in [0.5, 0.6) is 11.5 Å². The lowest BCUT2D eigenvalue weighted by Crippen LogP contribution is -2.07. The maximum Gasteiger partial charge on any atom is 0.261 e. The Morgan fingerprint density at radius 1 is 1.14 bits per heavy atom. The number of aromatic nitrogens is 2. The van der Waals surface area contributed by atoms with Gasteiger partial charge in [0.05, 0.1) is 19.6 Å². The summed E-state index contributed by atoms with van der Waals surface area (Å²) in [4.78, 5) is 19.8. The van der Waals surface area contributed by atoms with Gasteiger partial charge in [-0.2, -0.15) is 0 Å². The van der Waals surface area contributed by atoms with Gasteiger partial charge in [0, 0.05) is 10.4 Å². The minimum Gasteiger partial charge on any atom is -0.493 e. The Kier molecular flexibility index (Phi) is 3.76. The van der Waals surface area contributed by atoms with E-state index in [0.717, 1.165) is 20.8 Å². The molecule has 3 aromatic rings. The average Bonchev–Trinajstić information content (AvgIpc) is 2.82. The number of nitrogens with one attached hydrogen (secondary N) is 2. The Labute approximate surface area is 135 Å². The first kappa shape index (κ1) is 14.8. The highest BCUT2D eigenvalue weighted by Crippen LogP contribution is 2.39. The Morgan fingerprint density at radius 2 is 1.86 bits per heavy atom. The van der Waals surface area contributed by atoms with Crippen molar-refractivity contribution < 1.29 is 9.47 Å². The molecule has 1 aromatic carbocycles. The monoisotopic (exact) mass is 334 g/mol. The molecular formula is C15H14N2O3S2. The predicted octanol–water partition coefficient (Wildman–Crippen LogP) is 3.64. The molecule has 2 heterocycles. The van der Waals surface area contributed by atoms with Crippen molar-refractivity contribution in [3.05, 3.63) is 38.2 Å². The van der Waals surface area contributed by atoms with Gasteiger partial charge in [-0.3, -0.25) is 9.78 Å². The first-order valence-electron chi connectivity index (χ1n) is 6.53. The zero-order chi connectivity index (χ0) is 15.9. The summed E-state index contributed by atoms with van der Waals surface area (Å²) in [6, 6.07) is 5.61. The Hall–Kier alpha value is -2.12. The van der Waals surface area contributed by atoms with Crippen LogP contribution in [-0.4, -0.2) is 24.2 Å². The van der Waals surface area contributed by atoms with E-state index in [9.17, 15) is 4.79 Å². The van der Waals surface area contributed by atoms with Gasteiger partial charge >= 0.3 is 0 Å². The van der Waals surface area contributed by atoms with Crippen molar-refractivity contribution in [1.82, 2.24) is 9.97 Å². The van der Waals surface area contributed by atoms with Crippen molar-refractivity contribution in [2.24, 2.45) is 0 Å². The van der Waals surface area contributed by atoms with Crippen LogP contribution in [0.4, 0.5) is 0 Å².